The molecule has 148 valence electrons. The van der Waals surface area contributed by atoms with Gasteiger partial charge >= 0.3 is 11.9 Å². The Labute approximate surface area is 162 Å². The Bertz CT molecular complexity index is 1280. The molecule has 6 nitrogen and oxygen atoms in total. The Morgan fingerprint density at radius 3 is 2.69 bits per heavy atom. The lowest BCUT2D eigenvalue weighted by molar-refractivity contribution is -0.136. The average molecular weight is 399 g/mol. The first-order valence-electron chi connectivity index (χ1n) is 9.09. The van der Waals surface area contributed by atoms with Gasteiger partial charge in [0.1, 0.15) is 12.2 Å². The number of rotatable bonds is 3. The number of aryl methyl sites for hydroxylation is 1. The highest BCUT2D eigenvalue weighted by atomic mass is 19.4. The second-order valence-electron chi connectivity index (χ2n) is 7.30. The summed E-state index contributed by atoms with van der Waals surface area (Å²) in [6, 6.07) is 9.56. The summed E-state index contributed by atoms with van der Waals surface area (Å²) in [5, 5.41) is 8.07. The van der Waals surface area contributed by atoms with Crippen molar-refractivity contribution in [1.29, 1.82) is 0 Å². The van der Waals surface area contributed by atoms with Gasteiger partial charge in [0.25, 0.3) is 0 Å². The number of imidazole rings is 1. The Kier molecular flexibility index (Phi) is 3.71. The summed E-state index contributed by atoms with van der Waals surface area (Å²) in [7, 11) is 1.89. The van der Waals surface area contributed by atoms with Gasteiger partial charge in [0.2, 0.25) is 0 Å². The monoisotopic (exact) mass is 399 g/mol. The fraction of sp³-hybridized carbons (Fsp3) is 0.250. The van der Waals surface area contributed by atoms with E-state index >= 15 is 0 Å². The van der Waals surface area contributed by atoms with Crippen LogP contribution < -0.4 is 5.69 Å². The maximum absolute atomic E-state index is 13.3. The number of aromatic nitrogens is 5. The zero-order valence-corrected chi connectivity index (χ0v) is 15.3. The van der Waals surface area contributed by atoms with Crippen molar-refractivity contribution in [1.82, 2.24) is 23.7 Å². The van der Waals surface area contributed by atoms with Crippen LogP contribution >= 0.6 is 0 Å². The van der Waals surface area contributed by atoms with Gasteiger partial charge in [-0.15, -0.1) is 10.2 Å². The molecule has 4 aromatic rings. The smallest absolute Gasteiger partial charge is 0.320 e. The third-order valence-corrected chi connectivity index (χ3v) is 5.45. The van der Waals surface area contributed by atoms with Crippen LogP contribution in [0.2, 0.25) is 0 Å². The standard InChI is InChI=1S/C20H16F3N5O/c1-26-11-24-25-18(26)15-9-14(15)12-4-2-5-13(8-12)28-10-17-16(20(21,22)23)6-3-7-27(17)19(28)29/h2-8,10-11,14-15H,9H2,1H3/t14-,15-/m1/s1. The minimum atomic E-state index is -4.54. The Morgan fingerprint density at radius 2 is 1.97 bits per heavy atom. The Morgan fingerprint density at radius 1 is 1.14 bits per heavy atom. The molecule has 0 radical (unpaired) electrons. The summed E-state index contributed by atoms with van der Waals surface area (Å²) in [6.07, 6.45) is 0.631. The van der Waals surface area contributed by atoms with Crippen LogP contribution in [0.25, 0.3) is 11.2 Å². The van der Waals surface area contributed by atoms with Crippen molar-refractivity contribution in [3.05, 3.63) is 82.6 Å². The van der Waals surface area contributed by atoms with Crippen molar-refractivity contribution in [3.63, 3.8) is 0 Å². The highest BCUT2D eigenvalue weighted by Crippen LogP contribution is 2.54. The van der Waals surface area contributed by atoms with Crippen molar-refractivity contribution >= 4 is 5.52 Å². The van der Waals surface area contributed by atoms with E-state index in [4.69, 9.17) is 0 Å². The van der Waals surface area contributed by atoms with Gasteiger partial charge in [-0.2, -0.15) is 13.2 Å². The van der Waals surface area contributed by atoms with Crippen LogP contribution in [-0.4, -0.2) is 23.7 Å². The SMILES string of the molecule is Cn1cnnc1[C@@H]1C[C@@H]1c1cccc(-n2cc3c(C(F)(F)F)cccn3c2=O)c1. The van der Waals surface area contributed by atoms with E-state index in [1.807, 2.05) is 29.8 Å². The van der Waals surface area contributed by atoms with Crippen molar-refractivity contribution in [3.8, 4) is 5.69 Å². The number of pyridine rings is 1. The molecule has 0 saturated heterocycles. The van der Waals surface area contributed by atoms with E-state index in [1.165, 1.54) is 23.0 Å². The first-order chi connectivity index (χ1) is 13.8. The third kappa shape index (κ3) is 2.84. The molecule has 0 bridgehead atoms. The fourth-order valence-electron chi connectivity index (χ4n) is 3.92. The predicted molar refractivity (Wildman–Crippen MR) is 99.1 cm³/mol. The van der Waals surface area contributed by atoms with E-state index < -0.39 is 17.4 Å². The lowest BCUT2D eigenvalue weighted by atomic mass is 10.1. The largest absolute Gasteiger partial charge is 0.418 e. The van der Waals surface area contributed by atoms with Crippen LogP contribution in [-0.2, 0) is 13.2 Å². The lowest BCUT2D eigenvalue weighted by Gasteiger charge is -2.07. The summed E-state index contributed by atoms with van der Waals surface area (Å²) in [6.45, 7) is 0. The lowest BCUT2D eigenvalue weighted by Crippen LogP contribution is -2.18. The van der Waals surface area contributed by atoms with Crippen LogP contribution in [0.5, 0.6) is 0 Å². The number of alkyl halides is 3. The fourth-order valence-corrected chi connectivity index (χ4v) is 3.92. The van der Waals surface area contributed by atoms with Gasteiger partial charge in [-0.25, -0.2) is 4.79 Å². The summed E-state index contributed by atoms with van der Waals surface area (Å²) >= 11 is 0. The zero-order chi connectivity index (χ0) is 20.3. The predicted octanol–water partition coefficient (Wildman–Crippen LogP) is 3.51. The Balaban J connectivity index is 1.55. The van der Waals surface area contributed by atoms with E-state index in [0.717, 1.165) is 28.3 Å². The summed E-state index contributed by atoms with van der Waals surface area (Å²) in [4.78, 5) is 12.7. The van der Waals surface area contributed by atoms with Crippen molar-refractivity contribution in [2.24, 2.45) is 7.05 Å². The molecule has 0 unspecified atom stereocenters. The average Bonchev–Trinajstić information content (AvgIpc) is 3.25. The normalized spacial score (nSPS) is 19.0. The van der Waals surface area contributed by atoms with Gasteiger partial charge in [0, 0.05) is 25.4 Å². The molecule has 5 rings (SSSR count). The van der Waals surface area contributed by atoms with Crippen LogP contribution in [0.15, 0.2) is 59.9 Å². The number of hydrogen-bond donors (Lipinski definition) is 0. The molecule has 1 aliphatic carbocycles. The first kappa shape index (κ1) is 17.7. The summed E-state index contributed by atoms with van der Waals surface area (Å²) in [5.74, 6) is 1.40. The molecule has 0 N–H and O–H groups in total. The molecular formula is C20H16F3N5O. The molecule has 0 amide bonds. The number of hydrogen-bond acceptors (Lipinski definition) is 3. The minimum absolute atomic E-state index is 0.168. The summed E-state index contributed by atoms with van der Waals surface area (Å²) in [5.41, 5.74) is 0.0147. The van der Waals surface area contributed by atoms with Crippen LogP contribution in [0.1, 0.15) is 35.2 Å². The molecule has 3 aromatic heterocycles. The highest BCUT2D eigenvalue weighted by Gasteiger charge is 2.42. The van der Waals surface area contributed by atoms with Crippen molar-refractivity contribution in [2.45, 2.75) is 24.4 Å². The van der Waals surface area contributed by atoms with E-state index in [1.54, 1.807) is 12.4 Å². The summed E-state index contributed by atoms with van der Waals surface area (Å²) < 4.78 is 44.1. The number of nitrogens with zero attached hydrogens (tertiary/aromatic N) is 5. The van der Waals surface area contributed by atoms with Gasteiger partial charge in [-0.3, -0.25) is 8.97 Å². The van der Waals surface area contributed by atoms with E-state index in [2.05, 4.69) is 10.2 Å². The molecule has 29 heavy (non-hydrogen) atoms. The molecule has 1 aromatic carbocycles. The molecule has 2 atom stereocenters. The van der Waals surface area contributed by atoms with Crippen LogP contribution in [0.3, 0.4) is 0 Å². The Hall–Kier alpha value is -3.36. The van der Waals surface area contributed by atoms with Crippen LogP contribution in [0.4, 0.5) is 13.2 Å². The topological polar surface area (TPSA) is 57.1 Å². The first-order valence-corrected chi connectivity index (χ1v) is 9.09. The molecule has 1 aliphatic rings. The second-order valence-corrected chi connectivity index (χ2v) is 7.30. The van der Waals surface area contributed by atoms with Gasteiger partial charge < -0.3 is 4.57 Å². The molecule has 1 saturated carbocycles. The molecule has 1 fully saturated rings. The van der Waals surface area contributed by atoms with Gasteiger partial charge in [0.15, 0.2) is 0 Å². The highest BCUT2D eigenvalue weighted by molar-refractivity contribution is 5.57. The molecule has 0 spiro atoms. The second kappa shape index (κ2) is 6.07. The van der Waals surface area contributed by atoms with E-state index in [-0.39, 0.29) is 17.4 Å². The van der Waals surface area contributed by atoms with Crippen molar-refractivity contribution < 1.29 is 13.2 Å². The maximum Gasteiger partial charge on any atom is 0.418 e. The molecule has 9 heteroatoms. The molecular weight excluding hydrogens is 383 g/mol. The number of fused-ring (bicyclic) bond motifs is 1. The van der Waals surface area contributed by atoms with Crippen LogP contribution in [0, 0.1) is 0 Å². The maximum atomic E-state index is 13.3. The van der Waals surface area contributed by atoms with Gasteiger partial charge in [0.05, 0.1) is 16.8 Å². The quantitative estimate of drug-likeness (QED) is 0.530. The minimum Gasteiger partial charge on any atom is -0.320 e. The van der Waals surface area contributed by atoms with Gasteiger partial charge in [-0.1, -0.05) is 12.1 Å². The number of benzene rings is 1. The van der Waals surface area contributed by atoms with Crippen molar-refractivity contribution in [2.75, 3.05) is 0 Å². The zero-order valence-electron chi connectivity index (χ0n) is 15.3. The van der Waals surface area contributed by atoms with E-state index in [0.29, 0.717) is 5.69 Å². The third-order valence-electron chi connectivity index (χ3n) is 5.45. The number of halogens is 3. The molecule has 0 aliphatic heterocycles. The van der Waals surface area contributed by atoms with Gasteiger partial charge in [-0.05, 0) is 42.2 Å². The molecule has 3 heterocycles. The van der Waals surface area contributed by atoms with E-state index in [9.17, 15) is 18.0 Å².